The number of fused-ring (bicyclic) bond motifs is 2. The Morgan fingerprint density at radius 3 is 2.90 bits per heavy atom. The van der Waals surface area contributed by atoms with Gasteiger partial charge in [0.05, 0.1) is 23.4 Å². The Balaban J connectivity index is 1.15. The van der Waals surface area contributed by atoms with Crippen molar-refractivity contribution in [1.29, 1.82) is 0 Å². The van der Waals surface area contributed by atoms with Gasteiger partial charge in [0.15, 0.2) is 0 Å². The van der Waals surface area contributed by atoms with Crippen molar-refractivity contribution in [2.75, 3.05) is 19.0 Å². The van der Waals surface area contributed by atoms with Crippen LogP contribution >= 0.6 is 0 Å². The summed E-state index contributed by atoms with van der Waals surface area (Å²) in [7, 11) is 1.57. The molecule has 4 heterocycles. The van der Waals surface area contributed by atoms with Gasteiger partial charge in [-0.3, -0.25) is 19.9 Å². The molecule has 7 rings (SSSR count). The van der Waals surface area contributed by atoms with Crippen LogP contribution in [0.5, 0.6) is 0 Å². The van der Waals surface area contributed by atoms with Gasteiger partial charge in [-0.1, -0.05) is 25.0 Å². The molecular weight excluding hydrogens is 533 g/mol. The van der Waals surface area contributed by atoms with Gasteiger partial charge in [-0.05, 0) is 77.8 Å². The number of hydrogen-bond donors (Lipinski definition) is 3. The number of H-pyrrole nitrogens is 1. The third kappa shape index (κ3) is 4.76. The van der Waals surface area contributed by atoms with Crippen LogP contribution < -0.4 is 10.6 Å². The van der Waals surface area contributed by atoms with E-state index in [2.05, 4.69) is 20.6 Å². The van der Waals surface area contributed by atoms with Gasteiger partial charge in [0.25, 0.3) is 5.91 Å². The molecule has 3 fully saturated rings. The molecule has 9 heteroatoms. The van der Waals surface area contributed by atoms with Crippen molar-refractivity contribution in [3.63, 3.8) is 0 Å². The van der Waals surface area contributed by atoms with Crippen molar-refractivity contribution in [1.82, 2.24) is 15.2 Å². The van der Waals surface area contributed by atoms with E-state index in [9.17, 15) is 9.59 Å². The summed E-state index contributed by atoms with van der Waals surface area (Å²) in [5.41, 5.74) is 3.07. The Hall–Kier alpha value is -4.08. The summed E-state index contributed by atoms with van der Waals surface area (Å²) < 4.78 is 20.8. The van der Waals surface area contributed by atoms with Gasteiger partial charge in [-0.2, -0.15) is 0 Å². The highest BCUT2D eigenvalue weighted by atomic mass is 19.1. The number of nitrogens with one attached hydrogen (secondary N) is 3. The van der Waals surface area contributed by atoms with Crippen molar-refractivity contribution in [2.24, 2.45) is 10.9 Å². The molecular formula is C33H34FN5O3. The van der Waals surface area contributed by atoms with Crippen LogP contribution in [0.2, 0.25) is 0 Å². The Labute approximate surface area is 243 Å². The lowest BCUT2D eigenvalue weighted by Crippen LogP contribution is -2.62. The molecule has 3 aromatic rings. The molecule has 216 valence electrons. The number of aromatic amines is 1. The molecule has 42 heavy (non-hydrogen) atoms. The summed E-state index contributed by atoms with van der Waals surface area (Å²) >= 11 is 0. The normalized spacial score (nSPS) is 26.5. The SMILES string of the molecule is CO[C@@H]1C[C@H](C(=O)Nc2cc(C3(CCC4CC4)NC4C=CN=CC=C43)ccc2F)N(C(=O)c2ccc3cc[nH]c3c2)C1. The number of nitrogens with zero attached hydrogens (tertiary/aromatic N) is 2. The van der Waals surface area contributed by atoms with Crippen molar-refractivity contribution in [3.05, 3.63) is 89.5 Å². The molecule has 2 unspecified atom stereocenters. The molecule has 8 nitrogen and oxygen atoms in total. The molecule has 3 N–H and O–H groups in total. The zero-order valence-corrected chi connectivity index (χ0v) is 23.5. The highest BCUT2D eigenvalue weighted by Gasteiger charge is 2.49. The zero-order valence-electron chi connectivity index (χ0n) is 23.5. The summed E-state index contributed by atoms with van der Waals surface area (Å²) in [6, 6.07) is 11.6. The molecule has 4 aliphatic rings. The number of carbonyl (C=O) groups is 2. The Morgan fingerprint density at radius 1 is 1.19 bits per heavy atom. The second-order valence-electron chi connectivity index (χ2n) is 11.8. The van der Waals surface area contributed by atoms with Gasteiger partial charge in [-0.15, -0.1) is 0 Å². The van der Waals surface area contributed by atoms with E-state index >= 15 is 4.39 Å². The molecule has 1 aliphatic carbocycles. The van der Waals surface area contributed by atoms with Crippen LogP contribution in [0.4, 0.5) is 10.1 Å². The van der Waals surface area contributed by atoms with Crippen molar-refractivity contribution < 1.29 is 18.7 Å². The topological polar surface area (TPSA) is 98.8 Å². The number of likely N-dealkylation sites (tertiary alicyclic amines) is 1. The third-order valence-electron chi connectivity index (χ3n) is 9.24. The van der Waals surface area contributed by atoms with Gasteiger partial charge in [0.2, 0.25) is 5.91 Å². The molecule has 0 radical (unpaired) electrons. The van der Waals surface area contributed by atoms with E-state index in [1.54, 1.807) is 43.8 Å². The molecule has 3 aliphatic heterocycles. The fourth-order valence-electron chi connectivity index (χ4n) is 6.65. The minimum absolute atomic E-state index is 0.0732. The average Bonchev–Trinajstić information content (AvgIpc) is 3.58. The molecule has 0 bridgehead atoms. The summed E-state index contributed by atoms with van der Waals surface area (Å²) in [6.07, 6.45) is 14.0. The van der Waals surface area contributed by atoms with Gasteiger partial charge >= 0.3 is 0 Å². The molecule has 0 spiro atoms. The predicted octanol–water partition coefficient (Wildman–Crippen LogP) is 5.06. The smallest absolute Gasteiger partial charge is 0.254 e. The van der Waals surface area contributed by atoms with Crippen LogP contribution in [0.1, 0.15) is 48.0 Å². The minimum Gasteiger partial charge on any atom is -0.380 e. The molecule has 4 atom stereocenters. The number of benzene rings is 2. The lowest BCUT2D eigenvalue weighted by molar-refractivity contribution is -0.119. The van der Waals surface area contributed by atoms with E-state index in [-0.39, 0.29) is 30.3 Å². The number of carbonyl (C=O) groups excluding carboxylic acids is 2. The maximum Gasteiger partial charge on any atom is 0.254 e. The van der Waals surface area contributed by atoms with Gasteiger partial charge in [0.1, 0.15) is 11.9 Å². The molecule has 2 saturated heterocycles. The second-order valence-corrected chi connectivity index (χ2v) is 11.8. The number of halogens is 1. The summed E-state index contributed by atoms with van der Waals surface area (Å²) in [4.78, 5) is 36.2. The Morgan fingerprint density at radius 2 is 2.07 bits per heavy atom. The standard InChI is InChI=1S/C33H34FN5O3/c1-42-24-18-30(39(19-24)32(41)22-5-4-21-9-15-36-28(21)16-22)31(40)37-29-17-23(6-7-26(29)34)33(12-8-20-2-3-20)25-10-13-35-14-11-27(25)38-33/h4-7,9-11,13-17,20,24,27,30,36,38H,2-3,8,12,18-19H2,1H3,(H,37,40)/t24-,27?,30-,33?/m1/s1. The average molecular weight is 568 g/mol. The van der Waals surface area contributed by atoms with E-state index in [0.717, 1.165) is 35.2 Å². The largest absolute Gasteiger partial charge is 0.380 e. The molecule has 2 amide bonds. The van der Waals surface area contributed by atoms with Crippen LogP contribution in [-0.2, 0) is 15.1 Å². The first kappa shape index (κ1) is 26.8. The number of methoxy groups -OCH3 is 1. The number of rotatable bonds is 8. The van der Waals surface area contributed by atoms with E-state index in [1.165, 1.54) is 29.4 Å². The predicted molar refractivity (Wildman–Crippen MR) is 160 cm³/mol. The second kappa shape index (κ2) is 10.6. The Kier molecular flexibility index (Phi) is 6.79. The van der Waals surface area contributed by atoms with Gasteiger partial charge in [0, 0.05) is 49.8 Å². The van der Waals surface area contributed by atoms with Crippen LogP contribution in [0.15, 0.2) is 77.6 Å². The van der Waals surface area contributed by atoms with Crippen molar-refractivity contribution >= 4 is 34.6 Å². The number of allylic oxidation sites excluding steroid dienone is 1. The van der Waals surface area contributed by atoms with Crippen LogP contribution in [0.3, 0.4) is 0 Å². The number of anilines is 1. The highest BCUT2D eigenvalue weighted by molar-refractivity contribution is 6.03. The first-order valence-corrected chi connectivity index (χ1v) is 14.7. The van der Waals surface area contributed by atoms with Gasteiger partial charge < -0.3 is 19.9 Å². The van der Waals surface area contributed by atoms with Crippen molar-refractivity contribution in [2.45, 2.75) is 55.8 Å². The van der Waals surface area contributed by atoms with Gasteiger partial charge in [-0.25, -0.2) is 4.39 Å². The third-order valence-corrected chi connectivity index (χ3v) is 9.24. The summed E-state index contributed by atoms with van der Waals surface area (Å²) in [5, 5.41) is 7.53. The zero-order chi connectivity index (χ0) is 28.8. The first-order valence-electron chi connectivity index (χ1n) is 14.7. The number of ether oxygens (including phenoxy) is 1. The number of amides is 2. The van der Waals surface area contributed by atoms with E-state index < -0.39 is 23.3 Å². The van der Waals surface area contributed by atoms with Crippen LogP contribution in [-0.4, -0.2) is 59.8 Å². The van der Waals surface area contributed by atoms with E-state index in [4.69, 9.17) is 4.74 Å². The lowest BCUT2D eigenvalue weighted by Gasteiger charge is -2.52. The summed E-state index contributed by atoms with van der Waals surface area (Å²) in [6.45, 7) is 0.275. The van der Waals surface area contributed by atoms with Crippen LogP contribution in [0.25, 0.3) is 10.9 Å². The monoisotopic (exact) mass is 567 g/mol. The number of aliphatic imine (C=N–C) groups is 1. The number of aromatic nitrogens is 1. The van der Waals surface area contributed by atoms with Crippen LogP contribution in [0, 0.1) is 11.7 Å². The molecule has 1 aromatic heterocycles. The molecule has 1 saturated carbocycles. The van der Waals surface area contributed by atoms with E-state index in [0.29, 0.717) is 12.0 Å². The first-order chi connectivity index (χ1) is 20.4. The maximum atomic E-state index is 15.2. The fraction of sp³-hybridized carbons (Fsp3) is 0.364. The summed E-state index contributed by atoms with van der Waals surface area (Å²) in [5.74, 6) is -0.488. The number of hydrogen-bond acceptors (Lipinski definition) is 5. The maximum absolute atomic E-state index is 15.2. The van der Waals surface area contributed by atoms with Crippen molar-refractivity contribution in [3.8, 4) is 0 Å². The molecule has 2 aromatic carbocycles. The minimum atomic E-state index is -0.800. The van der Waals surface area contributed by atoms with E-state index in [1.807, 2.05) is 30.5 Å². The lowest BCUT2D eigenvalue weighted by atomic mass is 9.68. The Bertz CT molecular complexity index is 1640. The highest BCUT2D eigenvalue weighted by Crippen LogP contribution is 2.48. The quantitative estimate of drug-likeness (QED) is 0.355. The fourth-order valence-corrected chi connectivity index (χ4v) is 6.65.